The van der Waals surface area contributed by atoms with Crippen molar-refractivity contribution in [2.45, 2.75) is 0 Å². The number of methoxy groups -OCH3 is 2. The van der Waals surface area contributed by atoms with Gasteiger partial charge in [-0.2, -0.15) is 0 Å². The molecule has 0 aromatic heterocycles. The minimum atomic E-state index is -0.0893. The van der Waals surface area contributed by atoms with Gasteiger partial charge in [0.05, 0.1) is 20.3 Å². The molecule has 0 bridgehead atoms. The highest BCUT2D eigenvalue weighted by Crippen LogP contribution is 2.11. The van der Waals surface area contributed by atoms with Crippen molar-refractivity contribution in [1.82, 2.24) is 20.4 Å². The Morgan fingerprint density at radius 3 is 2.37 bits per heavy atom. The molecule has 1 heterocycles. The normalized spacial score (nSPS) is 14.8. The maximum Gasteiger partial charge on any atom is 0.251 e. The zero-order valence-electron chi connectivity index (χ0n) is 16.2. The van der Waals surface area contributed by atoms with Crippen LogP contribution >= 0.6 is 0 Å². The second-order valence-corrected chi connectivity index (χ2v) is 6.38. The minimum absolute atomic E-state index is 0.0893. The molecule has 1 aromatic rings. The maximum absolute atomic E-state index is 12.1. The molecule has 0 saturated carbocycles. The highest BCUT2D eigenvalue weighted by atomic mass is 16.5. The molecule has 1 saturated heterocycles. The average Bonchev–Trinajstić information content (AvgIpc) is 2.71. The number of amides is 2. The molecule has 0 aliphatic carbocycles. The number of hydrogen-bond donors (Lipinski definition) is 2. The third kappa shape index (κ3) is 7.16. The fraction of sp³-hybridized carbons (Fsp3) is 0.579. The summed E-state index contributed by atoms with van der Waals surface area (Å²) in [4.78, 5) is 28.4. The highest BCUT2D eigenvalue weighted by molar-refractivity contribution is 5.94. The lowest BCUT2D eigenvalue weighted by Gasteiger charge is -2.34. The Balaban J connectivity index is 1.61. The third-order valence-electron chi connectivity index (χ3n) is 4.55. The Bertz CT molecular complexity index is 586. The Morgan fingerprint density at radius 2 is 1.74 bits per heavy atom. The van der Waals surface area contributed by atoms with E-state index in [4.69, 9.17) is 9.47 Å². The summed E-state index contributed by atoms with van der Waals surface area (Å²) in [5.74, 6) is 0.764. The van der Waals surface area contributed by atoms with Gasteiger partial charge in [-0.05, 0) is 24.3 Å². The van der Waals surface area contributed by atoms with E-state index >= 15 is 0 Å². The van der Waals surface area contributed by atoms with Crippen molar-refractivity contribution in [3.8, 4) is 5.75 Å². The molecule has 0 unspecified atom stereocenters. The number of carbonyl (C=O) groups excluding carboxylic acids is 2. The summed E-state index contributed by atoms with van der Waals surface area (Å²) in [7, 11) is 3.24. The fourth-order valence-corrected chi connectivity index (χ4v) is 2.87. The van der Waals surface area contributed by atoms with E-state index in [0.717, 1.165) is 38.5 Å². The van der Waals surface area contributed by atoms with Gasteiger partial charge in [0.15, 0.2) is 0 Å². The molecule has 1 aliphatic rings. The van der Waals surface area contributed by atoms with Crippen molar-refractivity contribution < 1.29 is 19.1 Å². The number of carbonyl (C=O) groups is 2. The first-order valence-corrected chi connectivity index (χ1v) is 9.26. The minimum Gasteiger partial charge on any atom is -0.497 e. The quantitative estimate of drug-likeness (QED) is 0.549. The lowest BCUT2D eigenvalue weighted by Crippen LogP contribution is -2.52. The molecule has 150 valence electrons. The van der Waals surface area contributed by atoms with E-state index in [1.165, 1.54) is 0 Å². The number of hydrogen-bond acceptors (Lipinski definition) is 6. The van der Waals surface area contributed by atoms with Crippen LogP contribution in [0.15, 0.2) is 24.3 Å². The second-order valence-electron chi connectivity index (χ2n) is 6.38. The number of rotatable bonds is 10. The zero-order valence-corrected chi connectivity index (χ0v) is 16.2. The number of piperazine rings is 1. The van der Waals surface area contributed by atoms with Crippen LogP contribution < -0.4 is 15.4 Å². The molecule has 2 amide bonds. The van der Waals surface area contributed by atoms with E-state index in [1.807, 2.05) is 4.90 Å². The van der Waals surface area contributed by atoms with Gasteiger partial charge in [0, 0.05) is 58.5 Å². The van der Waals surface area contributed by atoms with Gasteiger partial charge in [-0.25, -0.2) is 0 Å². The number of ether oxygens (including phenoxy) is 2. The van der Waals surface area contributed by atoms with Crippen LogP contribution in [0.5, 0.6) is 5.75 Å². The van der Waals surface area contributed by atoms with Crippen LogP contribution in [0.1, 0.15) is 10.4 Å². The second kappa shape index (κ2) is 11.5. The van der Waals surface area contributed by atoms with Gasteiger partial charge in [0.1, 0.15) is 5.75 Å². The van der Waals surface area contributed by atoms with Crippen LogP contribution in [0.3, 0.4) is 0 Å². The number of nitrogens with one attached hydrogen (secondary N) is 2. The summed E-state index contributed by atoms with van der Waals surface area (Å²) in [6.45, 7) is 6.06. The standard InChI is InChI=1S/C19H30N4O4/c1-26-14-8-20-15-18(24)23-12-10-22(11-13-23)9-7-21-19(25)16-3-5-17(27-2)6-4-16/h3-6,20H,7-15H2,1-2H3,(H,21,25). The summed E-state index contributed by atoms with van der Waals surface area (Å²) >= 11 is 0. The molecular formula is C19H30N4O4. The molecular weight excluding hydrogens is 348 g/mol. The van der Waals surface area contributed by atoms with E-state index < -0.39 is 0 Å². The first kappa shape index (κ1) is 21.1. The molecule has 2 rings (SSSR count). The summed E-state index contributed by atoms with van der Waals surface area (Å²) in [5, 5.41) is 6.01. The molecule has 27 heavy (non-hydrogen) atoms. The van der Waals surface area contributed by atoms with Crippen LogP contribution in [-0.2, 0) is 9.53 Å². The van der Waals surface area contributed by atoms with Crippen molar-refractivity contribution in [3.63, 3.8) is 0 Å². The van der Waals surface area contributed by atoms with Crippen LogP contribution in [-0.4, -0.2) is 94.8 Å². The average molecular weight is 378 g/mol. The maximum atomic E-state index is 12.1. The lowest BCUT2D eigenvalue weighted by molar-refractivity contribution is -0.131. The molecule has 2 N–H and O–H groups in total. The van der Waals surface area contributed by atoms with Crippen molar-refractivity contribution in [1.29, 1.82) is 0 Å². The Kier molecular flexibility index (Phi) is 9.03. The molecule has 1 aromatic carbocycles. The fourth-order valence-electron chi connectivity index (χ4n) is 2.87. The first-order chi connectivity index (χ1) is 13.1. The van der Waals surface area contributed by atoms with Gasteiger partial charge in [-0.1, -0.05) is 0 Å². The predicted octanol–water partition coefficient (Wildman–Crippen LogP) is -0.195. The van der Waals surface area contributed by atoms with Crippen molar-refractivity contribution in [3.05, 3.63) is 29.8 Å². The number of benzene rings is 1. The van der Waals surface area contributed by atoms with Gasteiger partial charge in [-0.15, -0.1) is 0 Å². The molecule has 1 fully saturated rings. The van der Waals surface area contributed by atoms with Crippen molar-refractivity contribution in [2.75, 3.05) is 73.2 Å². The zero-order chi connectivity index (χ0) is 19.5. The van der Waals surface area contributed by atoms with Crippen molar-refractivity contribution >= 4 is 11.8 Å². The highest BCUT2D eigenvalue weighted by Gasteiger charge is 2.20. The smallest absolute Gasteiger partial charge is 0.251 e. The molecule has 8 nitrogen and oxygen atoms in total. The summed E-state index contributed by atoms with van der Waals surface area (Å²) in [6, 6.07) is 7.04. The third-order valence-corrected chi connectivity index (χ3v) is 4.55. The SMILES string of the molecule is COCCNCC(=O)N1CCN(CCNC(=O)c2ccc(OC)cc2)CC1. The van der Waals surface area contributed by atoms with Gasteiger partial charge >= 0.3 is 0 Å². The Labute approximate surface area is 160 Å². The summed E-state index contributed by atoms with van der Waals surface area (Å²) in [5.41, 5.74) is 0.618. The predicted molar refractivity (Wildman–Crippen MR) is 103 cm³/mol. The van der Waals surface area contributed by atoms with E-state index in [9.17, 15) is 9.59 Å². The van der Waals surface area contributed by atoms with Crippen LogP contribution in [0, 0.1) is 0 Å². The summed E-state index contributed by atoms with van der Waals surface area (Å²) in [6.07, 6.45) is 0. The summed E-state index contributed by atoms with van der Waals surface area (Å²) < 4.78 is 10.0. The lowest BCUT2D eigenvalue weighted by atomic mass is 10.2. The topological polar surface area (TPSA) is 83.1 Å². The molecule has 0 radical (unpaired) electrons. The molecule has 0 atom stereocenters. The van der Waals surface area contributed by atoms with Gasteiger partial charge < -0.3 is 25.0 Å². The monoisotopic (exact) mass is 378 g/mol. The number of nitrogens with zero attached hydrogens (tertiary/aromatic N) is 2. The molecule has 8 heteroatoms. The Morgan fingerprint density at radius 1 is 1.04 bits per heavy atom. The van der Waals surface area contributed by atoms with Crippen molar-refractivity contribution in [2.24, 2.45) is 0 Å². The molecule has 1 aliphatic heterocycles. The van der Waals surface area contributed by atoms with Crippen LogP contribution in [0.4, 0.5) is 0 Å². The molecule has 0 spiro atoms. The van der Waals surface area contributed by atoms with Gasteiger partial charge in [-0.3, -0.25) is 14.5 Å². The van der Waals surface area contributed by atoms with E-state index in [2.05, 4.69) is 15.5 Å². The van der Waals surface area contributed by atoms with Gasteiger partial charge in [0.25, 0.3) is 5.91 Å². The van der Waals surface area contributed by atoms with Crippen LogP contribution in [0.25, 0.3) is 0 Å². The van der Waals surface area contributed by atoms with E-state index in [0.29, 0.717) is 31.8 Å². The Hall–Kier alpha value is -2.16. The van der Waals surface area contributed by atoms with E-state index in [-0.39, 0.29) is 11.8 Å². The van der Waals surface area contributed by atoms with E-state index in [1.54, 1.807) is 38.5 Å². The van der Waals surface area contributed by atoms with Gasteiger partial charge in [0.2, 0.25) is 5.91 Å². The first-order valence-electron chi connectivity index (χ1n) is 9.26. The van der Waals surface area contributed by atoms with Crippen LogP contribution in [0.2, 0.25) is 0 Å². The largest absolute Gasteiger partial charge is 0.497 e.